The molecule has 0 N–H and O–H groups in total. The molecular weight excluding hydrogens is 797 g/mol. The molecule has 0 bridgehead atoms. The second-order valence-corrected chi connectivity index (χ2v) is 18.3. The van der Waals surface area contributed by atoms with E-state index >= 15 is 0 Å². The second-order valence-electron chi connectivity index (χ2n) is 18.3. The molecule has 0 aliphatic heterocycles. The van der Waals surface area contributed by atoms with Crippen molar-refractivity contribution in [3.8, 4) is 61.3 Å². The highest BCUT2D eigenvalue weighted by Gasteiger charge is 2.35. The number of rotatable bonds is 8. The van der Waals surface area contributed by atoms with Crippen molar-refractivity contribution < 1.29 is 0 Å². The minimum atomic E-state index is -0.0390. The van der Waals surface area contributed by atoms with Crippen molar-refractivity contribution in [1.82, 2.24) is 4.57 Å². The summed E-state index contributed by atoms with van der Waals surface area (Å²) in [5, 5.41) is 2.47. The predicted molar refractivity (Wildman–Crippen MR) is 280 cm³/mol. The van der Waals surface area contributed by atoms with Crippen molar-refractivity contribution in [3.05, 3.63) is 253 Å². The van der Waals surface area contributed by atoms with E-state index in [4.69, 9.17) is 0 Å². The van der Waals surface area contributed by atoms with Crippen LogP contribution in [0.25, 0.3) is 83.1 Å². The number of hydrogen-bond acceptors (Lipinski definition) is 1. The molecule has 0 radical (unpaired) electrons. The lowest BCUT2D eigenvalue weighted by Crippen LogP contribution is -2.14. The van der Waals surface area contributed by atoms with Crippen LogP contribution in [0.2, 0.25) is 0 Å². The summed E-state index contributed by atoms with van der Waals surface area (Å²) < 4.78 is 2.41. The predicted octanol–water partition coefficient (Wildman–Crippen LogP) is 17.5. The Hall–Kier alpha value is -8.20. The van der Waals surface area contributed by atoms with Crippen LogP contribution in [0.3, 0.4) is 0 Å². The first-order valence-corrected chi connectivity index (χ1v) is 23.0. The minimum absolute atomic E-state index is 0.0390. The fraction of sp³-hybridized carbons (Fsp3) is 0.0625. The Morgan fingerprint density at radius 1 is 0.333 bits per heavy atom. The highest BCUT2D eigenvalue weighted by atomic mass is 15.1. The monoisotopic (exact) mass is 844 g/mol. The smallest absolute Gasteiger partial charge is 0.0541 e. The maximum atomic E-state index is 2.41. The fourth-order valence-electron chi connectivity index (χ4n) is 10.4. The van der Waals surface area contributed by atoms with Crippen LogP contribution < -0.4 is 4.90 Å². The molecule has 0 unspecified atom stereocenters. The molecule has 1 aliphatic carbocycles. The molecule has 66 heavy (non-hydrogen) atoms. The number of aryl methyl sites for hydroxylation is 1. The molecule has 314 valence electrons. The number of aromatic nitrogens is 1. The zero-order valence-electron chi connectivity index (χ0n) is 37.4. The van der Waals surface area contributed by atoms with E-state index in [2.05, 4.69) is 267 Å². The lowest BCUT2D eigenvalue weighted by Gasteiger charge is -2.26. The lowest BCUT2D eigenvalue weighted by atomic mass is 9.81. The highest BCUT2D eigenvalue weighted by molar-refractivity contribution is 6.11. The summed E-state index contributed by atoms with van der Waals surface area (Å²) in [6.45, 7) is 6.84. The van der Waals surface area contributed by atoms with Gasteiger partial charge < -0.3 is 9.47 Å². The first kappa shape index (κ1) is 39.4. The van der Waals surface area contributed by atoms with E-state index in [0.29, 0.717) is 0 Å². The minimum Gasteiger partial charge on any atom is -0.311 e. The Balaban J connectivity index is 0.905. The van der Waals surface area contributed by atoms with E-state index in [9.17, 15) is 0 Å². The van der Waals surface area contributed by atoms with Crippen LogP contribution in [0, 0.1) is 6.92 Å². The molecule has 11 aromatic rings. The van der Waals surface area contributed by atoms with Crippen LogP contribution >= 0.6 is 0 Å². The van der Waals surface area contributed by atoms with E-state index in [-0.39, 0.29) is 5.41 Å². The van der Waals surface area contributed by atoms with Crippen LogP contribution in [0.5, 0.6) is 0 Å². The Morgan fingerprint density at radius 2 is 0.727 bits per heavy atom. The molecule has 0 saturated heterocycles. The molecule has 1 aliphatic rings. The van der Waals surface area contributed by atoms with Gasteiger partial charge in [-0.25, -0.2) is 0 Å². The topological polar surface area (TPSA) is 8.17 Å². The molecule has 10 aromatic carbocycles. The molecule has 2 heteroatoms. The van der Waals surface area contributed by atoms with Crippen molar-refractivity contribution in [3.63, 3.8) is 0 Å². The number of anilines is 3. The van der Waals surface area contributed by atoms with Crippen molar-refractivity contribution in [1.29, 1.82) is 0 Å². The van der Waals surface area contributed by atoms with Gasteiger partial charge in [0.2, 0.25) is 0 Å². The summed E-state index contributed by atoms with van der Waals surface area (Å²) in [6.07, 6.45) is 0. The third kappa shape index (κ3) is 6.73. The quantitative estimate of drug-likeness (QED) is 0.148. The SMILES string of the molecule is Cc1ccc(N(c2ccc(-c3ccc4c(c3)C(C)(C)c3ccccc3-4)cc2)c2ccc(-c3ccc4c(c3)c3cc(-c5ccccc5)ccc3n4-c3ccc(-c4ccccc4)cc3)cc2)cc1. The van der Waals surface area contributed by atoms with Gasteiger partial charge >= 0.3 is 0 Å². The molecule has 0 atom stereocenters. The lowest BCUT2D eigenvalue weighted by molar-refractivity contribution is 0.660. The zero-order valence-corrected chi connectivity index (χ0v) is 37.4. The van der Waals surface area contributed by atoms with Gasteiger partial charge in [-0.2, -0.15) is 0 Å². The highest BCUT2D eigenvalue weighted by Crippen LogP contribution is 2.50. The largest absolute Gasteiger partial charge is 0.311 e. The van der Waals surface area contributed by atoms with Crippen LogP contribution in [-0.4, -0.2) is 4.57 Å². The van der Waals surface area contributed by atoms with Crippen LogP contribution in [0.1, 0.15) is 30.5 Å². The maximum Gasteiger partial charge on any atom is 0.0541 e. The number of fused-ring (bicyclic) bond motifs is 6. The first-order chi connectivity index (χ1) is 32.4. The maximum absolute atomic E-state index is 2.41. The molecule has 12 rings (SSSR count). The van der Waals surface area contributed by atoms with E-state index in [1.54, 1.807) is 0 Å². The first-order valence-electron chi connectivity index (χ1n) is 23.0. The summed E-state index contributed by atoms with van der Waals surface area (Å²) in [6, 6.07) is 86.9. The summed E-state index contributed by atoms with van der Waals surface area (Å²) in [4.78, 5) is 2.36. The van der Waals surface area contributed by atoms with E-state index < -0.39 is 0 Å². The number of nitrogens with zero attached hydrogens (tertiary/aromatic N) is 2. The van der Waals surface area contributed by atoms with E-state index in [0.717, 1.165) is 22.7 Å². The van der Waals surface area contributed by atoms with Gasteiger partial charge in [-0.15, -0.1) is 0 Å². The Morgan fingerprint density at radius 3 is 1.29 bits per heavy atom. The van der Waals surface area contributed by atoms with Crippen LogP contribution in [-0.2, 0) is 5.41 Å². The van der Waals surface area contributed by atoms with Gasteiger partial charge in [-0.3, -0.25) is 0 Å². The molecule has 0 amide bonds. The van der Waals surface area contributed by atoms with Gasteiger partial charge in [0.05, 0.1) is 11.0 Å². The third-order valence-corrected chi connectivity index (χ3v) is 13.9. The molecule has 0 saturated carbocycles. The summed E-state index contributed by atoms with van der Waals surface area (Å²) in [5.41, 5.74) is 23.2. The van der Waals surface area contributed by atoms with Gasteiger partial charge in [0.25, 0.3) is 0 Å². The Kier molecular flexibility index (Phi) is 9.43. The molecule has 0 fully saturated rings. The fourth-order valence-corrected chi connectivity index (χ4v) is 10.4. The Labute approximate surface area is 387 Å². The average Bonchev–Trinajstić information content (AvgIpc) is 3.82. The van der Waals surface area contributed by atoms with Gasteiger partial charge in [0, 0.05) is 38.9 Å². The van der Waals surface area contributed by atoms with Gasteiger partial charge in [-0.1, -0.05) is 177 Å². The molecule has 0 spiro atoms. The summed E-state index contributed by atoms with van der Waals surface area (Å²) in [7, 11) is 0. The standard InChI is InChI=1S/C64H48N2/c1-43-18-29-52(30-19-43)65(54-33-24-48(25-34-54)51-26-37-57-56-16-10-11-17-60(56)64(2,3)61(57)42-51)53-31-22-47(23-32-53)50-28-39-63-59(41-50)58-40-49(45-14-8-5-9-15-45)27-38-62(58)66(63)55-35-20-46(21-36-55)44-12-6-4-7-13-44/h4-42H,1-3H3. The van der Waals surface area contributed by atoms with E-state index in [1.807, 2.05) is 0 Å². The number of benzene rings is 10. The van der Waals surface area contributed by atoms with Crippen LogP contribution in [0.4, 0.5) is 17.1 Å². The van der Waals surface area contributed by atoms with Crippen molar-refractivity contribution in [2.75, 3.05) is 4.90 Å². The van der Waals surface area contributed by atoms with Crippen molar-refractivity contribution in [2.45, 2.75) is 26.2 Å². The van der Waals surface area contributed by atoms with Crippen molar-refractivity contribution >= 4 is 38.9 Å². The second kappa shape index (κ2) is 15.8. The molecule has 1 heterocycles. The number of hydrogen-bond donors (Lipinski definition) is 0. The zero-order chi connectivity index (χ0) is 44.4. The van der Waals surface area contributed by atoms with E-state index in [1.165, 1.54) is 94.1 Å². The summed E-state index contributed by atoms with van der Waals surface area (Å²) in [5.74, 6) is 0. The Bertz CT molecular complexity index is 3560. The third-order valence-electron chi connectivity index (χ3n) is 13.9. The molecule has 1 aromatic heterocycles. The molecular formula is C64H48N2. The van der Waals surface area contributed by atoms with Gasteiger partial charge in [0.15, 0.2) is 0 Å². The average molecular weight is 845 g/mol. The van der Waals surface area contributed by atoms with Crippen molar-refractivity contribution in [2.24, 2.45) is 0 Å². The normalized spacial score (nSPS) is 12.6. The van der Waals surface area contributed by atoms with Gasteiger partial charge in [-0.05, 0) is 153 Å². The van der Waals surface area contributed by atoms with Crippen LogP contribution in [0.15, 0.2) is 237 Å². The molecule has 2 nitrogen and oxygen atoms in total. The van der Waals surface area contributed by atoms with Gasteiger partial charge in [0.1, 0.15) is 0 Å². The summed E-state index contributed by atoms with van der Waals surface area (Å²) >= 11 is 0.